The van der Waals surface area contributed by atoms with Crippen LogP contribution >= 0.6 is 0 Å². The van der Waals surface area contributed by atoms with E-state index in [1.54, 1.807) is 0 Å². The van der Waals surface area contributed by atoms with Crippen LogP contribution in [-0.4, -0.2) is 34.5 Å². The molecule has 0 bridgehead atoms. The highest BCUT2D eigenvalue weighted by Gasteiger charge is 2.33. The van der Waals surface area contributed by atoms with Crippen LogP contribution in [0.3, 0.4) is 0 Å². The summed E-state index contributed by atoms with van der Waals surface area (Å²) in [6.07, 6.45) is 0. The number of nitrogens with two attached hydrogens (primary N) is 1. The van der Waals surface area contributed by atoms with Crippen molar-refractivity contribution in [1.82, 2.24) is 9.88 Å². The molecule has 0 saturated carbocycles. The zero-order chi connectivity index (χ0) is 21.8. The number of phenolic OH excluding ortho intramolecular Hbond substituents is 1. The van der Waals surface area contributed by atoms with Crippen molar-refractivity contribution in [3.8, 4) is 22.6 Å². The third-order valence-electron chi connectivity index (χ3n) is 4.63. The van der Waals surface area contributed by atoms with Crippen LogP contribution in [0.2, 0.25) is 0 Å². The summed E-state index contributed by atoms with van der Waals surface area (Å²) in [6.45, 7) is 0. The lowest BCUT2D eigenvalue weighted by Gasteiger charge is -2.15. The number of fused-ring (bicyclic) bond motifs is 1. The van der Waals surface area contributed by atoms with Gasteiger partial charge in [0.25, 0.3) is 27.5 Å². The van der Waals surface area contributed by atoms with Gasteiger partial charge in [0.2, 0.25) is 0 Å². The molecule has 11 heteroatoms. The Morgan fingerprint density at radius 1 is 0.900 bits per heavy atom. The first kappa shape index (κ1) is 19.4. The van der Waals surface area contributed by atoms with E-state index in [9.17, 15) is 32.5 Å². The van der Waals surface area contributed by atoms with Crippen molar-refractivity contribution in [3.05, 3.63) is 70.0 Å². The molecule has 2 heterocycles. The predicted octanol–water partition coefficient (Wildman–Crippen LogP) is 0.923. The molecule has 0 unspecified atom stereocenters. The highest BCUT2D eigenvalue weighted by atomic mass is 32.2. The molecule has 2 amide bonds. The molecule has 152 valence electrons. The number of pyridine rings is 1. The number of hydrogen-bond donors (Lipinski definition) is 4. The van der Waals surface area contributed by atoms with Crippen LogP contribution in [0.25, 0.3) is 16.8 Å². The van der Waals surface area contributed by atoms with Crippen LogP contribution in [0.4, 0.5) is 5.82 Å². The number of nitrogens with zero attached hydrogens (tertiary/aromatic N) is 1. The molecule has 0 atom stereocenters. The molecule has 1 aromatic heterocycles. The molecule has 1 aliphatic heterocycles. The van der Waals surface area contributed by atoms with Gasteiger partial charge in [0.1, 0.15) is 16.5 Å². The number of imide groups is 1. The second-order valence-electron chi connectivity index (χ2n) is 6.48. The zero-order valence-corrected chi connectivity index (χ0v) is 15.8. The van der Waals surface area contributed by atoms with E-state index in [-0.39, 0.29) is 22.6 Å². The number of aromatic hydroxyl groups is 1. The number of carbonyl (C=O) groups excluding carboxylic acids is 2. The van der Waals surface area contributed by atoms with E-state index in [0.717, 1.165) is 16.7 Å². The number of phenols is 1. The van der Waals surface area contributed by atoms with Crippen LogP contribution in [0.5, 0.6) is 5.75 Å². The van der Waals surface area contributed by atoms with E-state index in [4.69, 9.17) is 5.73 Å². The van der Waals surface area contributed by atoms with Gasteiger partial charge in [-0.2, -0.15) is 8.42 Å². The molecule has 0 fully saturated rings. The number of nitrogens with one attached hydrogen (secondary N) is 1. The molecule has 0 radical (unpaired) electrons. The minimum atomic E-state index is -4.82. The second kappa shape index (κ2) is 6.54. The lowest BCUT2D eigenvalue weighted by atomic mass is 10.0. The molecule has 0 saturated heterocycles. The lowest BCUT2D eigenvalue weighted by molar-refractivity contribution is 0.0880. The third kappa shape index (κ3) is 3.02. The molecule has 30 heavy (non-hydrogen) atoms. The number of anilines is 1. The molecule has 0 aliphatic carbocycles. The fourth-order valence-electron chi connectivity index (χ4n) is 3.27. The smallest absolute Gasteiger partial charge is 0.296 e. The van der Waals surface area contributed by atoms with Crippen LogP contribution in [0, 0.1) is 0 Å². The van der Waals surface area contributed by atoms with Gasteiger partial charge in [-0.05, 0) is 35.4 Å². The summed E-state index contributed by atoms with van der Waals surface area (Å²) in [5.74, 6) is -2.04. The molecular formula is C19H13N3O7S. The fraction of sp³-hybridized carbons (Fsp3) is 0. The van der Waals surface area contributed by atoms with Crippen molar-refractivity contribution >= 4 is 27.8 Å². The van der Waals surface area contributed by atoms with Crippen molar-refractivity contribution in [2.24, 2.45) is 0 Å². The van der Waals surface area contributed by atoms with E-state index in [0.29, 0.717) is 11.1 Å². The lowest BCUT2D eigenvalue weighted by Crippen LogP contribution is -2.25. The fourth-order valence-corrected chi connectivity index (χ4v) is 3.97. The molecule has 3 aromatic rings. The van der Waals surface area contributed by atoms with Gasteiger partial charge >= 0.3 is 0 Å². The minimum absolute atomic E-state index is 0.00987. The van der Waals surface area contributed by atoms with Crippen molar-refractivity contribution in [1.29, 1.82) is 0 Å². The maximum atomic E-state index is 12.6. The number of aromatic nitrogens is 1. The Morgan fingerprint density at radius 3 is 2.17 bits per heavy atom. The van der Waals surface area contributed by atoms with Gasteiger partial charge in [0, 0.05) is 6.07 Å². The summed E-state index contributed by atoms with van der Waals surface area (Å²) >= 11 is 0. The van der Waals surface area contributed by atoms with Gasteiger partial charge in [-0.1, -0.05) is 18.2 Å². The largest absolute Gasteiger partial charge is 0.508 e. The van der Waals surface area contributed by atoms with Gasteiger partial charge in [-0.25, -0.2) is 0 Å². The SMILES string of the molecule is Nc1c2c(cc(=O)n1-c1ccc(-c3ccc(O)cc3)cc1S(=O)(=O)O)C(=O)NC2=O. The minimum Gasteiger partial charge on any atom is -0.508 e. The molecule has 10 nitrogen and oxygen atoms in total. The average molecular weight is 427 g/mol. The number of rotatable bonds is 3. The average Bonchev–Trinajstić information content (AvgIpc) is 2.95. The summed E-state index contributed by atoms with van der Waals surface area (Å²) in [5, 5.41) is 11.4. The van der Waals surface area contributed by atoms with E-state index < -0.39 is 38.2 Å². The molecule has 0 spiro atoms. The standard InChI is InChI=1S/C19H13N3O7S/c20-17-16-12(18(25)21-19(16)26)8-15(24)22(17)13-6-3-10(7-14(13)30(27,28)29)9-1-4-11(23)5-2-9/h1-8,23H,20H2,(H,21,25,26)(H,27,28,29). The molecule has 5 N–H and O–H groups in total. The Hall–Kier alpha value is -3.96. The number of nitrogen functional groups attached to an aromatic ring is 1. The second-order valence-corrected chi connectivity index (χ2v) is 7.87. The normalized spacial score (nSPS) is 13.2. The molecule has 2 aromatic carbocycles. The zero-order valence-electron chi connectivity index (χ0n) is 15.0. The van der Waals surface area contributed by atoms with E-state index in [1.807, 2.05) is 5.32 Å². The van der Waals surface area contributed by atoms with Crippen molar-refractivity contribution in [2.75, 3.05) is 5.73 Å². The predicted molar refractivity (Wildman–Crippen MR) is 105 cm³/mol. The molecular weight excluding hydrogens is 414 g/mol. The highest BCUT2D eigenvalue weighted by molar-refractivity contribution is 7.86. The summed E-state index contributed by atoms with van der Waals surface area (Å²) in [4.78, 5) is 35.8. The number of amides is 2. The van der Waals surface area contributed by atoms with Crippen LogP contribution in [0.15, 0.2) is 58.2 Å². The maximum Gasteiger partial charge on any atom is 0.296 e. The van der Waals surface area contributed by atoms with E-state index in [1.165, 1.54) is 36.4 Å². The Balaban J connectivity index is 2.00. The summed E-state index contributed by atoms with van der Waals surface area (Å²) in [6, 6.07) is 10.6. The number of hydrogen-bond acceptors (Lipinski definition) is 7. The quantitative estimate of drug-likeness (QED) is 0.353. The van der Waals surface area contributed by atoms with Crippen molar-refractivity contribution in [3.63, 3.8) is 0 Å². The van der Waals surface area contributed by atoms with E-state index in [2.05, 4.69) is 0 Å². The monoisotopic (exact) mass is 427 g/mol. The first-order chi connectivity index (χ1) is 14.1. The van der Waals surface area contributed by atoms with Crippen molar-refractivity contribution in [2.45, 2.75) is 4.90 Å². The third-order valence-corrected chi connectivity index (χ3v) is 5.52. The van der Waals surface area contributed by atoms with Gasteiger partial charge in [0.15, 0.2) is 0 Å². The number of carbonyl (C=O) groups is 2. The Bertz CT molecular complexity index is 1410. The van der Waals surface area contributed by atoms with Gasteiger partial charge in [0.05, 0.1) is 16.8 Å². The maximum absolute atomic E-state index is 12.6. The summed E-state index contributed by atoms with van der Waals surface area (Å²) in [7, 11) is -4.82. The van der Waals surface area contributed by atoms with Crippen LogP contribution in [0.1, 0.15) is 20.7 Å². The Kier molecular flexibility index (Phi) is 4.22. The van der Waals surface area contributed by atoms with Gasteiger partial charge < -0.3 is 10.8 Å². The van der Waals surface area contributed by atoms with Crippen LogP contribution < -0.4 is 16.6 Å². The number of benzene rings is 2. The summed E-state index contributed by atoms with van der Waals surface area (Å²) < 4.78 is 34.6. The van der Waals surface area contributed by atoms with E-state index >= 15 is 0 Å². The Labute approximate surface area is 168 Å². The highest BCUT2D eigenvalue weighted by Crippen LogP contribution is 2.30. The van der Waals surface area contributed by atoms with Gasteiger partial charge in [-0.3, -0.25) is 28.8 Å². The van der Waals surface area contributed by atoms with Gasteiger partial charge in [-0.15, -0.1) is 0 Å². The Morgan fingerprint density at radius 2 is 1.53 bits per heavy atom. The summed E-state index contributed by atoms with van der Waals surface area (Å²) in [5.41, 5.74) is 5.21. The van der Waals surface area contributed by atoms with Crippen molar-refractivity contribution < 1.29 is 27.7 Å². The first-order valence-electron chi connectivity index (χ1n) is 8.40. The molecule has 4 rings (SSSR count). The molecule has 1 aliphatic rings. The van der Waals surface area contributed by atoms with Crippen LogP contribution in [-0.2, 0) is 10.1 Å². The first-order valence-corrected chi connectivity index (χ1v) is 9.84. The topological polar surface area (TPSA) is 169 Å².